The molecule has 7 heteroatoms. The van der Waals surface area contributed by atoms with E-state index in [1.54, 1.807) is 55.6 Å². The highest BCUT2D eigenvalue weighted by Gasteiger charge is 2.41. The van der Waals surface area contributed by atoms with Crippen molar-refractivity contribution < 1.29 is 24.2 Å². The van der Waals surface area contributed by atoms with Gasteiger partial charge >= 0.3 is 0 Å². The molecule has 0 atom stereocenters. The van der Waals surface area contributed by atoms with Gasteiger partial charge in [0.1, 0.15) is 11.5 Å². The summed E-state index contributed by atoms with van der Waals surface area (Å²) in [4.78, 5) is 27.9. The Labute approximate surface area is 167 Å². The second-order valence-corrected chi connectivity index (χ2v) is 6.96. The van der Waals surface area contributed by atoms with E-state index < -0.39 is 11.8 Å². The molecule has 0 unspecified atom stereocenters. The number of para-hydroxylation sites is 2. The van der Waals surface area contributed by atoms with Crippen molar-refractivity contribution in [1.29, 1.82) is 0 Å². The van der Waals surface area contributed by atoms with Gasteiger partial charge in [0.15, 0.2) is 0 Å². The summed E-state index contributed by atoms with van der Waals surface area (Å²) < 4.78 is 10.8. The quantitative estimate of drug-likeness (QED) is 0.688. The highest BCUT2D eigenvalue weighted by atomic mass is 32.2. The predicted octanol–water partition coefficient (Wildman–Crippen LogP) is 3.10. The predicted molar refractivity (Wildman–Crippen MR) is 110 cm³/mol. The number of imide groups is 1. The van der Waals surface area contributed by atoms with Crippen LogP contribution >= 0.6 is 11.8 Å². The van der Waals surface area contributed by atoms with Gasteiger partial charge in [-0.1, -0.05) is 24.3 Å². The molecular formula is C21H21NO5S. The summed E-state index contributed by atoms with van der Waals surface area (Å²) in [6.07, 6.45) is 0. The van der Waals surface area contributed by atoms with E-state index in [0.29, 0.717) is 45.6 Å². The summed E-state index contributed by atoms with van der Waals surface area (Å²) >= 11 is 1.17. The second kappa shape index (κ2) is 8.95. The molecule has 0 aromatic heterocycles. The summed E-state index contributed by atoms with van der Waals surface area (Å²) in [6.45, 7) is 2.16. The molecule has 1 aliphatic rings. The lowest BCUT2D eigenvalue weighted by molar-refractivity contribution is -0.119. The van der Waals surface area contributed by atoms with Crippen molar-refractivity contribution in [3.63, 3.8) is 0 Å². The number of thioether (sulfide) groups is 1. The molecule has 1 aliphatic heterocycles. The largest absolute Gasteiger partial charge is 0.497 e. The maximum atomic E-state index is 13.3. The fourth-order valence-corrected chi connectivity index (χ4v) is 3.80. The van der Waals surface area contributed by atoms with Crippen molar-refractivity contribution in [3.8, 4) is 11.5 Å². The Morgan fingerprint density at radius 1 is 1.04 bits per heavy atom. The van der Waals surface area contributed by atoms with Gasteiger partial charge in [0.25, 0.3) is 11.8 Å². The number of aliphatic hydroxyl groups is 1. The molecule has 0 fully saturated rings. The number of carbonyl (C=O) groups excluding carboxylic acids is 2. The van der Waals surface area contributed by atoms with Gasteiger partial charge in [-0.05, 0) is 36.8 Å². The first-order chi connectivity index (χ1) is 13.6. The Morgan fingerprint density at radius 3 is 2.39 bits per heavy atom. The minimum Gasteiger partial charge on any atom is -0.497 e. The van der Waals surface area contributed by atoms with E-state index >= 15 is 0 Å². The van der Waals surface area contributed by atoms with Crippen molar-refractivity contribution >= 4 is 34.8 Å². The van der Waals surface area contributed by atoms with E-state index in [-0.39, 0.29) is 6.61 Å². The van der Waals surface area contributed by atoms with Crippen molar-refractivity contribution in [2.24, 2.45) is 0 Å². The fraction of sp³-hybridized carbons (Fsp3) is 0.238. The average molecular weight is 399 g/mol. The molecule has 2 amide bonds. The maximum absolute atomic E-state index is 13.3. The van der Waals surface area contributed by atoms with Crippen molar-refractivity contribution in [3.05, 3.63) is 59.0 Å². The average Bonchev–Trinajstić information content (AvgIpc) is 2.97. The number of ether oxygens (including phenoxy) is 2. The zero-order valence-electron chi connectivity index (χ0n) is 15.7. The molecule has 0 spiro atoms. The highest BCUT2D eigenvalue weighted by Crippen LogP contribution is 2.41. The Morgan fingerprint density at radius 2 is 1.75 bits per heavy atom. The van der Waals surface area contributed by atoms with Crippen LogP contribution in [0.15, 0.2) is 53.4 Å². The van der Waals surface area contributed by atoms with E-state index in [1.807, 2.05) is 6.92 Å². The molecule has 146 valence electrons. The molecule has 0 bridgehead atoms. The van der Waals surface area contributed by atoms with Gasteiger partial charge in [0.2, 0.25) is 0 Å². The van der Waals surface area contributed by atoms with E-state index in [2.05, 4.69) is 0 Å². The van der Waals surface area contributed by atoms with Crippen LogP contribution in [0.1, 0.15) is 12.5 Å². The molecular weight excluding hydrogens is 378 g/mol. The SMILES string of the molecule is CCOc1ccccc1N1C(=O)C(SCCO)=C(c2ccc(OC)cc2)C1=O. The van der Waals surface area contributed by atoms with Crippen molar-refractivity contribution in [2.75, 3.05) is 31.0 Å². The van der Waals surface area contributed by atoms with Crippen LogP contribution in [0.3, 0.4) is 0 Å². The molecule has 0 saturated heterocycles. The first kappa shape index (κ1) is 20.0. The zero-order chi connectivity index (χ0) is 20.1. The van der Waals surface area contributed by atoms with Gasteiger partial charge in [0, 0.05) is 5.75 Å². The Balaban J connectivity index is 2.07. The molecule has 6 nitrogen and oxygen atoms in total. The van der Waals surface area contributed by atoms with Gasteiger partial charge in [-0.3, -0.25) is 9.59 Å². The third kappa shape index (κ3) is 3.76. The third-order valence-corrected chi connectivity index (χ3v) is 5.22. The molecule has 1 N–H and O–H groups in total. The summed E-state index contributed by atoms with van der Waals surface area (Å²) in [5, 5.41) is 9.21. The van der Waals surface area contributed by atoms with E-state index in [9.17, 15) is 14.7 Å². The van der Waals surface area contributed by atoms with Crippen LogP contribution in [-0.2, 0) is 9.59 Å². The van der Waals surface area contributed by atoms with E-state index in [0.717, 1.165) is 4.90 Å². The number of aliphatic hydroxyl groups excluding tert-OH is 1. The summed E-state index contributed by atoms with van der Waals surface area (Å²) in [5.74, 6) is 0.609. The summed E-state index contributed by atoms with van der Waals surface area (Å²) in [7, 11) is 1.56. The Bertz CT molecular complexity index is 907. The number of hydrogen-bond acceptors (Lipinski definition) is 6. The van der Waals surface area contributed by atoms with Crippen LogP contribution < -0.4 is 14.4 Å². The van der Waals surface area contributed by atoms with Crippen LogP contribution in [0.5, 0.6) is 11.5 Å². The molecule has 28 heavy (non-hydrogen) atoms. The van der Waals surface area contributed by atoms with Crippen molar-refractivity contribution in [2.45, 2.75) is 6.92 Å². The zero-order valence-corrected chi connectivity index (χ0v) is 16.5. The first-order valence-corrected chi connectivity index (χ1v) is 9.83. The lowest BCUT2D eigenvalue weighted by Gasteiger charge is -2.18. The van der Waals surface area contributed by atoms with Gasteiger partial charge in [-0.2, -0.15) is 0 Å². The first-order valence-electron chi connectivity index (χ1n) is 8.85. The topological polar surface area (TPSA) is 76.1 Å². The summed E-state index contributed by atoms with van der Waals surface area (Å²) in [6, 6.07) is 13.9. The molecule has 2 aromatic carbocycles. The van der Waals surface area contributed by atoms with Crippen LogP contribution in [0.2, 0.25) is 0 Å². The monoisotopic (exact) mass is 399 g/mol. The number of rotatable bonds is 8. The molecule has 0 radical (unpaired) electrons. The number of methoxy groups -OCH3 is 1. The van der Waals surface area contributed by atoms with Crippen LogP contribution in [0.4, 0.5) is 5.69 Å². The number of benzene rings is 2. The fourth-order valence-electron chi connectivity index (χ4n) is 2.94. The molecule has 0 aliphatic carbocycles. The second-order valence-electron chi connectivity index (χ2n) is 5.85. The molecule has 1 heterocycles. The van der Waals surface area contributed by atoms with Crippen LogP contribution in [0, 0.1) is 0 Å². The Hall–Kier alpha value is -2.77. The van der Waals surface area contributed by atoms with Crippen LogP contribution in [-0.4, -0.2) is 43.0 Å². The lowest BCUT2D eigenvalue weighted by Crippen LogP contribution is -2.31. The normalized spacial score (nSPS) is 14.0. The van der Waals surface area contributed by atoms with Gasteiger partial charge in [0.05, 0.1) is 36.5 Å². The number of carbonyl (C=O) groups is 2. The minimum atomic E-state index is -0.415. The smallest absolute Gasteiger partial charge is 0.272 e. The van der Waals surface area contributed by atoms with Gasteiger partial charge in [-0.15, -0.1) is 11.8 Å². The number of amides is 2. The number of anilines is 1. The van der Waals surface area contributed by atoms with Crippen LogP contribution in [0.25, 0.3) is 5.57 Å². The van der Waals surface area contributed by atoms with E-state index in [4.69, 9.17) is 9.47 Å². The number of hydrogen-bond donors (Lipinski definition) is 1. The van der Waals surface area contributed by atoms with Gasteiger partial charge in [-0.25, -0.2) is 4.90 Å². The minimum absolute atomic E-state index is 0.0962. The third-order valence-electron chi connectivity index (χ3n) is 4.16. The van der Waals surface area contributed by atoms with E-state index in [1.165, 1.54) is 11.8 Å². The highest BCUT2D eigenvalue weighted by molar-refractivity contribution is 8.04. The number of nitrogens with zero attached hydrogens (tertiary/aromatic N) is 1. The van der Waals surface area contributed by atoms with Gasteiger partial charge < -0.3 is 14.6 Å². The lowest BCUT2D eigenvalue weighted by atomic mass is 10.1. The molecule has 3 rings (SSSR count). The van der Waals surface area contributed by atoms with Crippen molar-refractivity contribution in [1.82, 2.24) is 0 Å². The summed E-state index contributed by atoms with van der Waals surface area (Å²) in [5.41, 5.74) is 1.35. The maximum Gasteiger partial charge on any atom is 0.272 e. The Kier molecular flexibility index (Phi) is 6.38. The standard InChI is InChI=1S/C21H21NO5S/c1-3-27-17-7-5-4-6-16(17)22-20(24)18(19(21(22)25)28-13-12-23)14-8-10-15(26-2)11-9-14/h4-11,23H,3,12-13H2,1-2H3. The molecule has 0 saturated carbocycles. The molecule has 2 aromatic rings.